The van der Waals surface area contributed by atoms with Crippen molar-refractivity contribution in [1.29, 1.82) is 5.26 Å². The average Bonchev–Trinajstić information content (AvgIpc) is 2.73. The van der Waals surface area contributed by atoms with Gasteiger partial charge in [-0.1, -0.05) is 0 Å². The molecule has 28 heavy (non-hydrogen) atoms. The van der Waals surface area contributed by atoms with Crippen LogP contribution in [-0.4, -0.2) is 19.9 Å². The first-order valence-electron chi connectivity index (χ1n) is 8.78. The van der Waals surface area contributed by atoms with Crippen molar-refractivity contribution in [2.45, 2.75) is 17.7 Å². The third-order valence-electron chi connectivity index (χ3n) is 4.71. The van der Waals surface area contributed by atoms with Crippen LogP contribution < -0.4 is 4.31 Å². The Bertz CT molecular complexity index is 1170. The van der Waals surface area contributed by atoms with Crippen molar-refractivity contribution in [3.8, 4) is 17.3 Å². The summed E-state index contributed by atoms with van der Waals surface area (Å²) in [6.07, 6.45) is 1.33. The Labute approximate surface area is 162 Å². The van der Waals surface area contributed by atoms with Crippen LogP contribution in [0.4, 0.5) is 10.1 Å². The predicted octanol–water partition coefficient (Wildman–Crippen LogP) is 3.90. The number of aryl methyl sites for hydroxylation is 1. The lowest BCUT2D eigenvalue weighted by atomic mass is 10.1. The van der Waals surface area contributed by atoms with Crippen LogP contribution in [0.25, 0.3) is 11.3 Å². The van der Waals surface area contributed by atoms with E-state index in [0.717, 1.165) is 5.56 Å². The third kappa shape index (κ3) is 3.23. The maximum absolute atomic E-state index is 13.2. The van der Waals surface area contributed by atoms with Gasteiger partial charge < -0.3 is 0 Å². The number of pyridine rings is 1. The molecule has 1 aromatic heterocycles. The van der Waals surface area contributed by atoms with Crippen molar-refractivity contribution < 1.29 is 12.8 Å². The molecule has 4 rings (SSSR count). The molecule has 0 radical (unpaired) electrons. The van der Waals surface area contributed by atoms with Crippen LogP contribution in [0.2, 0.25) is 0 Å². The first-order chi connectivity index (χ1) is 13.5. The highest BCUT2D eigenvalue weighted by Crippen LogP contribution is 2.33. The summed E-state index contributed by atoms with van der Waals surface area (Å²) in [6.45, 7) is 0.368. The molecule has 0 N–H and O–H groups in total. The van der Waals surface area contributed by atoms with Gasteiger partial charge in [0.15, 0.2) is 0 Å². The van der Waals surface area contributed by atoms with E-state index in [1.54, 1.807) is 24.3 Å². The molecule has 2 aromatic carbocycles. The molecular formula is C21H16FN3O2S. The number of halogens is 1. The fourth-order valence-corrected chi connectivity index (χ4v) is 4.80. The number of anilines is 1. The van der Waals surface area contributed by atoms with Gasteiger partial charge in [-0.15, -0.1) is 0 Å². The second kappa shape index (κ2) is 7.06. The number of benzene rings is 2. The SMILES string of the molecule is N#Cc1ccc(S(=O)(=O)N2CCCc3nc(-c4ccc(F)cc4)ccc32)cc1. The molecule has 0 spiro atoms. The van der Waals surface area contributed by atoms with Crippen molar-refractivity contribution in [3.63, 3.8) is 0 Å². The number of nitrogens with zero attached hydrogens (tertiary/aromatic N) is 3. The molecule has 0 unspecified atom stereocenters. The van der Waals surface area contributed by atoms with Gasteiger partial charge >= 0.3 is 0 Å². The van der Waals surface area contributed by atoms with E-state index in [-0.39, 0.29) is 10.7 Å². The predicted molar refractivity (Wildman–Crippen MR) is 104 cm³/mol. The van der Waals surface area contributed by atoms with Crippen LogP contribution in [0.15, 0.2) is 65.6 Å². The van der Waals surface area contributed by atoms with Crippen LogP contribution in [0.5, 0.6) is 0 Å². The second-order valence-corrected chi connectivity index (χ2v) is 8.35. The van der Waals surface area contributed by atoms with Gasteiger partial charge in [0.2, 0.25) is 0 Å². The molecule has 0 bridgehead atoms. The molecule has 1 aliphatic rings. The van der Waals surface area contributed by atoms with E-state index in [1.165, 1.54) is 40.7 Å². The molecule has 2 heterocycles. The van der Waals surface area contributed by atoms with Crippen molar-refractivity contribution in [1.82, 2.24) is 4.98 Å². The topological polar surface area (TPSA) is 74.1 Å². The molecule has 0 atom stereocenters. The Balaban J connectivity index is 1.72. The average molecular weight is 393 g/mol. The lowest BCUT2D eigenvalue weighted by Crippen LogP contribution is -2.35. The number of hydrogen-bond acceptors (Lipinski definition) is 4. The van der Waals surface area contributed by atoms with E-state index < -0.39 is 10.0 Å². The minimum absolute atomic E-state index is 0.141. The summed E-state index contributed by atoms with van der Waals surface area (Å²) < 4.78 is 40.8. The van der Waals surface area contributed by atoms with E-state index in [9.17, 15) is 12.8 Å². The number of aromatic nitrogens is 1. The van der Waals surface area contributed by atoms with E-state index in [4.69, 9.17) is 5.26 Å². The van der Waals surface area contributed by atoms with Crippen LogP contribution in [0.3, 0.4) is 0 Å². The van der Waals surface area contributed by atoms with Crippen molar-refractivity contribution in [2.24, 2.45) is 0 Å². The maximum Gasteiger partial charge on any atom is 0.264 e. The van der Waals surface area contributed by atoms with E-state index in [1.807, 2.05) is 6.07 Å². The van der Waals surface area contributed by atoms with Crippen LogP contribution in [-0.2, 0) is 16.4 Å². The molecule has 0 saturated carbocycles. The molecule has 7 heteroatoms. The first-order valence-corrected chi connectivity index (χ1v) is 10.2. The number of fused-ring (bicyclic) bond motifs is 1. The number of sulfonamides is 1. The van der Waals surface area contributed by atoms with E-state index in [0.29, 0.717) is 42.0 Å². The molecular weight excluding hydrogens is 377 g/mol. The molecule has 140 valence electrons. The van der Waals surface area contributed by atoms with Crippen molar-refractivity contribution >= 4 is 15.7 Å². The Kier molecular flexibility index (Phi) is 4.57. The monoisotopic (exact) mass is 393 g/mol. The van der Waals surface area contributed by atoms with Gasteiger partial charge in [-0.3, -0.25) is 9.29 Å². The minimum atomic E-state index is -3.75. The first kappa shape index (κ1) is 18.1. The van der Waals surface area contributed by atoms with Gasteiger partial charge in [0, 0.05) is 12.1 Å². The highest BCUT2D eigenvalue weighted by Gasteiger charge is 2.30. The van der Waals surface area contributed by atoms with Gasteiger partial charge in [-0.2, -0.15) is 5.26 Å². The van der Waals surface area contributed by atoms with Gasteiger partial charge in [0.25, 0.3) is 10.0 Å². The lowest BCUT2D eigenvalue weighted by Gasteiger charge is -2.30. The Morgan fingerprint density at radius 2 is 1.71 bits per heavy atom. The molecule has 1 aliphatic heterocycles. The summed E-state index contributed by atoms with van der Waals surface area (Å²) in [4.78, 5) is 4.77. The lowest BCUT2D eigenvalue weighted by molar-refractivity contribution is 0.585. The molecule has 3 aromatic rings. The summed E-state index contributed by atoms with van der Waals surface area (Å²) in [7, 11) is -3.75. The summed E-state index contributed by atoms with van der Waals surface area (Å²) in [5.41, 5.74) is 3.11. The normalized spacial score (nSPS) is 13.6. The van der Waals surface area contributed by atoms with Gasteiger partial charge in [-0.25, -0.2) is 12.8 Å². The fraction of sp³-hybridized carbons (Fsp3) is 0.143. The minimum Gasteiger partial charge on any atom is -0.264 e. The summed E-state index contributed by atoms with van der Waals surface area (Å²) in [5, 5.41) is 8.91. The number of nitriles is 1. The number of hydrogen-bond donors (Lipinski definition) is 0. The fourth-order valence-electron chi connectivity index (χ4n) is 3.28. The standard InChI is InChI=1S/C21H16FN3O2S/c22-17-7-5-16(6-8-17)19-11-12-21-20(24-19)2-1-13-25(21)28(26,27)18-9-3-15(14-23)4-10-18/h3-12H,1-2,13H2. The van der Waals surface area contributed by atoms with Crippen molar-refractivity contribution in [3.05, 3.63) is 77.7 Å². The molecule has 0 aliphatic carbocycles. The maximum atomic E-state index is 13.2. The summed E-state index contributed by atoms with van der Waals surface area (Å²) in [5.74, 6) is -0.318. The molecule has 5 nitrogen and oxygen atoms in total. The van der Waals surface area contributed by atoms with Crippen LogP contribution in [0, 0.1) is 17.1 Å². The number of rotatable bonds is 3. The largest absolute Gasteiger partial charge is 0.264 e. The summed E-state index contributed by atoms with van der Waals surface area (Å²) in [6, 6.07) is 17.4. The third-order valence-corrected chi connectivity index (χ3v) is 6.53. The zero-order chi connectivity index (χ0) is 19.7. The quantitative estimate of drug-likeness (QED) is 0.676. The Morgan fingerprint density at radius 3 is 2.39 bits per heavy atom. The Morgan fingerprint density at radius 1 is 1.00 bits per heavy atom. The molecule has 0 saturated heterocycles. The highest BCUT2D eigenvalue weighted by molar-refractivity contribution is 7.92. The van der Waals surface area contributed by atoms with E-state index in [2.05, 4.69) is 4.98 Å². The van der Waals surface area contributed by atoms with Gasteiger partial charge in [-0.05, 0) is 73.5 Å². The van der Waals surface area contributed by atoms with E-state index >= 15 is 0 Å². The highest BCUT2D eigenvalue weighted by atomic mass is 32.2. The van der Waals surface area contributed by atoms with Gasteiger partial charge in [0.1, 0.15) is 5.82 Å². The second-order valence-electron chi connectivity index (χ2n) is 6.49. The van der Waals surface area contributed by atoms with Crippen molar-refractivity contribution in [2.75, 3.05) is 10.8 Å². The van der Waals surface area contributed by atoms with Gasteiger partial charge in [0.05, 0.1) is 33.6 Å². The smallest absolute Gasteiger partial charge is 0.264 e. The van der Waals surface area contributed by atoms with Crippen LogP contribution in [0.1, 0.15) is 17.7 Å². The molecule has 0 amide bonds. The zero-order valence-corrected chi connectivity index (χ0v) is 15.7. The summed E-state index contributed by atoms with van der Waals surface area (Å²) >= 11 is 0. The zero-order valence-electron chi connectivity index (χ0n) is 14.8. The molecule has 0 fully saturated rings. The Hall–Kier alpha value is -3.24. The van der Waals surface area contributed by atoms with Crippen LogP contribution >= 0.6 is 0 Å².